The average Bonchev–Trinajstić information content (AvgIpc) is 2.90. The van der Waals surface area contributed by atoms with Gasteiger partial charge in [-0.3, -0.25) is 8.98 Å². The molecule has 1 amide bonds. The van der Waals surface area contributed by atoms with Gasteiger partial charge in [0.2, 0.25) is 0 Å². The van der Waals surface area contributed by atoms with Crippen molar-refractivity contribution in [3.8, 4) is 0 Å². The van der Waals surface area contributed by atoms with Gasteiger partial charge in [-0.15, -0.1) is 0 Å². The predicted molar refractivity (Wildman–Crippen MR) is 82.4 cm³/mol. The van der Waals surface area contributed by atoms with Gasteiger partial charge in [-0.05, 0) is 26.0 Å². The van der Waals surface area contributed by atoms with E-state index < -0.39 is 39.4 Å². The monoisotopic (exact) mass is 341 g/mol. The van der Waals surface area contributed by atoms with Gasteiger partial charge in [-0.2, -0.15) is 8.42 Å². The van der Waals surface area contributed by atoms with Crippen molar-refractivity contribution in [3.63, 3.8) is 0 Å². The van der Waals surface area contributed by atoms with Crippen LogP contribution in [0.1, 0.15) is 30.6 Å². The molecule has 0 saturated carbocycles. The number of benzene rings is 1. The largest absolute Gasteiger partial charge is 0.480 e. The van der Waals surface area contributed by atoms with Gasteiger partial charge in [0.05, 0.1) is 11.4 Å². The van der Waals surface area contributed by atoms with E-state index in [1.54, 1.807) is 30.3 Å². The first-order valence-corrected chi connectivity index (χ1v) is 8.70. The fraction of sp³-hybridized carbons (Fsp3) is 0.467. The summed E-state index contributed by atoms with van der Waals surface area (Å²) in [5, 5.41) is 8.57. The maximum atomic E-state index is 12.5. The maximum absolute atomic E-state index is 12.5. The summed E-state index contributed by atoms with van der Waals surface area (Å²) < 4.78 is 28.7. The summed E-state index contributed by atoms with van der Waals surface area (Å²) in [6, 6.07) is 7.17. The van der Waals surface area contributed by atoms with Crippen LogP contribution in [-0.2, 0) is 19.1 Å². The molecule has 2 atom stereocenters. The predicted octanol–water partition coefficient (Wildman–Crippen LogP) is 1.11. The van der Waals surface area contributed by atoms with Crippen LogP contribution in [-0.4, -0.2) is 54.2 Å². The summed E-state index contributed by atoms with van der Waals surface area (Å²) in [7, 11) is -3.78. The van der Waals surface area contributed by atoms with Gasteiger partial charge in [-0.1, -0.05) is 18.2 Å². The smallest absolute Gasteiger partial charge is 0.326 e. The summed E-state index contributed by atoms with van der Waals surface area (Å²) in [4.78, 5) is 25.0. The molecule has 1 aromatic rings. The average molecular weight is 341 g/mol. The Kier molecular flexibility index (Phi) is 5.06. The van der Waals surface area contributed by atoms with E-state index >= 15 is 0 Å². The van der Waals surface area contributed by atoms with Gasteiger partial charge in [0.15, 0.2) is 0 Å². The molecule has 0 unspecified atom stereocenters. The molecule has 8 heteroatoms. The lowest BCUT2D eigenvalue weighted by molar-refractivity contribution is -0.141. The van der Waals surface area contributed by atoms with E-state index in [1.807, 2.05) is 0 Å². The highest BCUT2D eigenvalue weighted by atomic mass is 32.2. The summed E-state index contributed by atoms with van der Waals surface area (Å²) in [6.07, 6.45) is -0.906. The highest BCUT2D eigenvalue weighted by molar-refractivity contribution is 7.87. The molecular weight excluding hydrogens is 322 g/mol. The van der Waals surface area contributed by atoms with Gasteiger partial charge in [0.1, 0.15) is 6.04 Å². The second kappa shape index (κ2) is 6.67. The van der Waals surface area contributed by atoms with E-state index in [4.69, 9.17) is 4.18 Å². The molecule has 0 aliphatic carbocycles. The van der Waals surface area contributed by atoms with Crippen LogP contribution in [0.15, 0.2) is 30.3 Å². The minimum absolute atomic E-state index is 0.0557. The second-order valence-electron chi connectivity index (χ2n) is 5.67. The Labute approximate surface area is 135 Å². The van der Waals surface area contributed by atoms with Crippen LogP contribution in [0.3, 0.4) is 0 Å². The van der Waals surface area contributed by atoms with Gasteiger partial charge < -0.3 is 10.0 Å². The molecule has 126 valence electrons. The molecule has 1 aliphatic rings. The third-order valence-corrected chi connectivity index (χ3v) is 5.37. The van der Waals surface area contributed by atoms with Crippen molar-refractivity contribution in [2.75, 3.05) is 6.54 Å². The Morgan fingerprint density at radius 1 is 1.26 bits per heavy atom. The topological polar surface area (TPSA) is 101 Å². The lowest BCUT2D eigenvalue weighted by Gasteiger charge is -2.21. The molecule has 2 rings (SSSR count). The molecule has 1 fully saturated rings. The summed E-state index contributed by atoms with van der Waals surface area (Å²) in [5.74, 6) is -1.63. The van der Waals surface area contributed by atoms with Crippen LogP contribution in [0, 0.1) is 0 Å². The van der Waals surface area contributed by atoms with Gasteiger partial charge in [0, 0.05) is 18.5 Å². The SMILES string of the molecule is CC(C)S(=O)(=O)O[C@H]1C[C@@H](C(=O)O)N(C(=O)c2ccccc2)C1. The van der Waals surface area contributed by atoms with Gasteiger partial charge in [0.25, 0.3) is 16.0 Å². The molecule has 7 nitrogen and oxygen atoms in total. The first-order chi connectivity index (χ1) is 10.7. The molecule has 23 heavy (non-hydrogen) atoms. The maximum Gasteiger partial charge on any atom is 0.326 e. The molecule has 1 saturated heterocycles. The highest BCUT2D eigenvalue weighted by Gasteiger charge is 2.42. The lowest BCUT2D eigenvalue weighted by Crippen LogP contribution is -2.40. The fourth-order valence-electron chi connectivity index (χ4n) is 2.37. The van der Waals surface area contributed by atoms with E-state index in [0.29, 0.717) is 5.56 Å². The molecule has 1 aliphatic heterocycles. The zero-order valence-electron chi connectivity index (χ0n) is 12.9. The van der Waals surface area contributed by atoms with E-state index in [0.717, 1.165) is 4.90 Å². The number of likely N-dealkylation sites (tertiary alicyclic amines) is 1. The molecule has 0 bridgehead atoms. The van der Waals surface area contributed by atoms with E-state index in [9.17, 15) is 23.1 Å². The quantitative estimate of drug-likeness (QED) is 0.805. The molecular formula is C15H19NO6S. The first-order valence-electron chi connectivity index (χ1n) is 7.23. The number of carbonyl (C=O) groups excluding carboxylic acids is 1. The number of hydrogen-bond acceptors (Lipinski definition) is 5. The minimum atomic E-state index is -3.78. The minimum Gasteiger partial charge on any atom is -0.480 e. The molecule has 1 aromatic carbocycles. The fourth-order valence-corrected chi connectivity index (χ4v) is 3.11. The van der Waals surface area contributed by atoms with Crippen LogP contribution in [0.5, 0.6) is 0 Å². The molecule has 0 radical (unpaired) electrons. The van der Waals surface area contributed by atoms with E-state index in [1.165, 1.54) is 13.8 Å². The standard InChI is InChI=1S/C15H19NO6S/c1-10(2)23(20,21)22-12-8-13(15(18)19)16(9-12)14(17)11-6-4-3-5-7-11/h3-7,10,12-13H,8-9H2,1-2H3,(H,18,19)/t12-,13-/m0/s1. The molecule has 0 aromatic heterocycles. The zero-order chi connectivity index (χ0) is 17.2. The van der Waals surface area contributed by atoms with Crippen molar-refractivity contribution in [3.05, 3.63) is 35.9 Å². The van der Waals surface area contributed by atoms with Crippen LogP contribution in [0.2, 0.25) is 0 Å². The number of hydrogen-bond donors (Lipinski definition) is 1. The van der Waals surface area contributed by atoms with Crippen molar-refractivity contribution in [2.45, 2.75) is 37.7 Å². The number of rotatable bonds is 5. The number of amides is 1. The van der Waals surface area contributed by atoms with Crippen molar-refractivity contribution in [2.24, 2.45) is 0 Å². The van der Waals surface area contributed by atoms with E-state index in [2.05, 4.69) is 0 Å². The summed E-state index contributed by atoms with van der Waals surface area (Å²) >= 11 is 0. The van der Waals surface area contributed by atoms with E-state index in [-0.39, 0.29) is 13.0 Å². The summed E-state index contributed by atoms with van der Waals surface area (Å²) in [5.41, 5.74) is 0.353. The zero-order valence-corrected chi connectivity index (χ0v) is 13.7. The third-order valence-electron chi connectivity index (χ3n) is 3.68. The van der Waals surface area contributed by atoms with Gasteiger partial charge >= 0.3 is 5.97 Å². The number of aliphatic carboxylic acids is 1. The van der Waals surface area contributed by atoms with Crippen molar-refractivity contribution in [1.29, 1.82) is 0 Å². The number of carbonyl (C=O) groups is 2. The molecule has 1 heterocycles. The molecule has 1 N–H and O–H groups in total. The van der Waals surface area contributed by atoms with Crippen LogP contribution < -0.4 is 0 Å². The third kappa shape index (κ3) is 3.89. The van der Waals surface area contributed by atoms with Crippen LogP contribution >= 0.6 is 0 Å². The Bertz CT molecular complexity index is 685. The Morgan fingerprint density at radius 3 is 2.39 bits per heavy atom. The molecule has 0 spiro atoms. The number of carboxylic acid groups (broad SMARTS) is 1. The normalized spacial score (nSPS) is 21.6. The lowest BCUT2D eigenvalue weighted by atomic mass is 10.1. The van der Waals surface area contributed by atoms with Gasteiger partial charge in [-0.25, -0.2) is 4.79 Å². The van der Waals surface area contributed by atoms with Crippen molar-refractivity contribution >= 4 is 22.0 Å². The second-order valence-corrected chi connectivity index (χ2v) is 7.79. The number of carboxylic acids is 1. The Hall–Kier alpha value is -1.93. The Balaban J connectivity index is 2.19. The highest BCUT2D eigenvalue weighted by Crippen LogP contribution is 2.25. The van der Waals surface area contributed by atoms with Crippen LogP contribution in [0.4, 0.5) is 0 Å². The first kappa shape index (κ1) is 17.4. The Morgan fingerprint density at radius 2 is 1.87 bits per heavy atom. The van der Waals surface area contributed by atoms with Crippen molar-refractivity contribution in [1.82, 2.24) is 4.90 Å². The number of nitrogens with zero attached hydrogens (tertiary/aromatic N) is 1. The van der Waals surface area contributed by atoms with Crippen molar-refractivity contribution < 1.29 is 27.3 Å². The van der Waals surface area contributed by atoms with Crippen LogP contribution in [0.25, 0.3) is 0 Å². The summed E-state index contributed by atoms with van der Waals surface area (Å²) in [6.45, 7) is 2.88.